The number of methoxy groups -OCH3 is 2. The summed E-state index contributed by atoms with van der Waals surface area (Å²) in [7, 11) is 5.12. The van der Waals surface area contributed by atoms with Gasteiger partial charge in [0.15, 0.2) is 5.84 Å². The molecule has 0 bridgehead atoms. The maximum atomic E-state index is 12.3. The number of aromatic nitrogens is 1. The van der Waals surface area contributed by atoms with Crippen LogP contribution in [0.2, 0.25) is 0 Å². The van der Waals surface area contributed by atoms with Crippen LogP contribution in [0.4, 0.5) is 17.1 Å². The van der Waals surface area contributed by atoms with Gasteiger partial charge in [-0.15, -0.1) is 0 Å². The zero-order valence-corrected chi connectivity index (χ0v) is 20.7. The summed E-state index contributed by atoms with van der Waals surface area (Å²) in [6.07, 6.45) is 1.81. The van der Waals surface area contributed by atoms with Crippen LogP contribution >= 0.6 is 0 Å². The van der Waals surface area contributed by atoms with Crippen molar-refractivity contribution in [2.24, 2.45) is 10.7 Å². The van der Waals surface area contributed by atoms with Crippen LogP contribution in [0.5, 0.6) is 5.75 Å². The van der Waals surface area contributed by atoms with Crippen LogP contribution in [0, 0.1) is 0 Å². The molecule has 2 aromatic carbocycles. The number of para-hydroxylation sites is 1. The van der Waals surface area contributed by atoms with Gasteiger partial charge >= 0.3 is 5.97 Å². The maximum absolute atomic E-state index is 12.3. The molecule has 5 N–H and O–H groups in total. The van der Waals surface area contributed by atoms with Crippen molar-refractivity contribution in [3.05, 3.63) is 71.5 Å². The lowest BCUT2D eigenvalue weighted by Gasteiger charge is -2.36. The third-order valence-electron chi connectivity index (χ3n) is 6.65. The first-order chi connectivity index (χ1) is 17.4. The lowest BCUT2D eigenvalue weighted by Crippen LogP contribution is -2.47. The molecule has 1 fully saturated rings. The van der Waals surface area contributed by atoms with Gasteiger partial charge in [0.1, 0.15) is 11.4 Å². The minimum Gasteiger partial charge on any atom is -0.496 e. The number of nitrogens with two attached hydrogens (primary N) is 1. The second-order valence-corrected chi connectivity index (χ2v) is 8.96. The zero-order valence-electron chi connectivity index (χ0n) is 20.7. The van der Waals surface area contributed by atoms with Gasteiger partial charge in [-0.2, -0.15) is 0 Å². The number of aliphatic imine (C=N–C) groups is 1. The van der Waals surface area contributed by atoms with Crippen LogP contribution in [0.15, 0.2) is 59.7 Å². The number of aromatic amines is 1. The van der Waals surface area contributed by atoms with Gasteiger partial charge < -0.3 is 34.9 Å². The van der Waals surface area contributed by atoms with Crippen LogP contribution in [-0.4, -0.2) is 69.1 Å². The number of benzene rings is 2. The number of rotatable bonds is 5. The molecule has 1 atom stereocenters. The summed E-state index contributed by atoms with van der Waals surface area (Å²) in [5.41, 5.74) is 11.1. The Bertz CT molecular complexity index is 1300. The highest BCUT2D eigenvalue weighted by Gasteiger charge is 2.36. The number of fused-ring (bicyclic) bond motifs is 1. The molecule has 1 unspecified atom stereocenters. The van der Waals surface area contributed by atoms with Crippen molar-refractivity contribution in [1.82, 2.24) is 9.88 Å². The molecular formula is C26H31N7O3. The molecule has 0 radical (unpaired) electrons. The highest BCUT2D eigenvalue weighted by Crippen LogP contribution is 2.38. The number of esters is 1. The number of hydrogen-bond donors (Lipinski definition) is 4. The van der Waals surface area contributed by atoms with E-state index in [1.807, 2.05) is 24.3 Å². The Kier molecular flexibility index (Phi) is 6.29. The van der Waals surface area contributed by atoms with Gasteiger partial charge in [0.25, 0.3) is 0 Å². The highest BCUT2D eigenvalue weighted by atomic mass is 16.5. The van der Waals surface area contributed by atoms with Gasteiger partial charge in [-0.25, -0.2) is 9.79 Å². The molecule has 2 aliphatic heterocycles. The molecule has 0 amide bonds. The Morgan fingerprint density at radius 2 is 1.89 bits per heavy atom. The third-order valence-corrected chi connectivity index (χ3v) is 6.65. The fourth-order valence-corrected chi connectivity index (χ4v) is 4.62. The van der Waals surface area contributed by atoms with E-state index in [1.165, 1.54) is 7.11 Å². The van der Waals surface area contributed by atoms with E-state index in [1.54, 1.807) is 31.5 Å². The van der Waals surface area contributed by atoms with E-state index in [0.717, 1.165) is 43.2 Å². The third kappa shape index (κ3) is 4.36. The molecule has 5 rings (SSSR count). The predicted molar refractivity (Wildman–Crippen MR) is 141 cm³/mol. The van der Waals surface area contributed by atoms with Crippen molar-refractivity contribution in [3.63, 3.8) is 0 Å². The second kappa shape index (κ2) is 9.56. The average molecular weight is 490 g/mol. The predicted octanol–water partition coefficient (Wildman–Crippen LogP) is 2.62. The maximum Gasteiger partial charge on any atom is 0.339 e. The van der Waals surface area contributed by atoms with Crippen molar-refractivity contribution in [2.45, 2.75) is 5.79 Å². The molecule has 36 heavy (non-hydrogen) atoms. The van der Waals surface area contributed by atoms with Crippen LogP contribution < -0.4 is 26.0 Å². The number of H-pyrrole nitrogens is 1. The number of piperazine rings is 1. The molecule has 0 aliphatic carbocycles. The Morgan fingerprint density at radius 1 is 1.11 bits per heavy atom. The number of hydrogen-bond acceptors (Lipinski definition) is 9. The number of carbonyl (C=O) groups excluding carboxylic acids is 1. The first kappa shape index (κ1) is 23.7. The fourth-order valence-electron chi connectivity index (χ4n) is 4.62. The van der Waals surface area contributed by atoms with Crippen LogP contribution in [0.1, 0.15) is 21.6 Å². The normalized spacial score (nSPS) is 19.7. The van der Waals surface area contributed by atoms with E-state index in [0.29, 0.717) is 28.4 Å². The average Bonchev–Trinajstić information content (AvgIpc) is 3.37. The Hall–Kier alpha value is -4.02. The van der Waals surface area contributed by atoms with Gasteiger partial charge in [-0.3, -0.25) is 5.73 Å². The Morgan fingerprint density at radius 3 is 2.64 bits per heavy atom. The van der Waals surface area contributed by atoms with E-state index < -0.39 is 11.8 Å². The SMILES string of the molecule is COC(=O)c1ccccc1NC1=NC(N)(c2ccc(N3CCN(C)CC3)cc2OC)Nc2cc[nH]c21. The van der Waals surface area contributed by atoms with Crippen LogP contribution in [-0.2, 0) is 10.5 Å². The van der Waals surface area contributed by atoms with E-state index in [2.05, 4.69) is 38.5 Å². The van der Waals surface area contributed by atoms with E-state index in [9.17, 15) is 4.79 Å². The summed E-state index contributed by atoms with van der Waals surface area (Å²) in [4.78, 5) is 25.0. The first-order valence-corrected chi connectivity index (χ1v) is 11.8. The molecule has 10 heteroatoms. The highest BCUT2D eigenvalue weighted by molar-refractivity contribution is 6.13. The summed E-state index contributed by atoms with van der Waals surface area (Å²) in [5, 5.41) is 6.62. The molecule has 2 aliphatic rings. The molecular weight excluding hydrogens is 458 g/mol. The van der Waals surface area contributed by atoms with Crippen molar-refractivity contribution in [1.29, 1.82) is 0 Å². The summed E-state index contributed by atoms with van der Waals surface area (Å²) < 4.78 is 10.7. The van der Waals surface area contributed by atoms with E-state index in [-0.39, 0.29) is 0 Å². The molecule has 0 spiro atoms. The fraction of sp³-hybridized carbons (Fsp3) is 0.308. The van der Waals surface area contributed by atoms with Gasteiger partial charge in [0.05, 0.1) is 36.7 Å². The van der Waals surface area contributed by atoms with Gasteiger partial charge in [0.2, 0.25) is 5.79 Å². The van der Waals surface area contributed by atoms with Crippen molar-refractivity contribution in [3.8, 4) is 5.75 Å². The number of amidine groups is 1. The standard InChI is InChI=1S/C26H31N7O3/c1-32-12-14-33(15-13-32)17-8-9-19(22(16-17)35-2)26(27)30-21-10-11-28-23(21)24(31-26)29-20-7-5-4-6-18(20)25(34)36-3/h4-11,16,28,30H,12-15,27H2,1-3H3,(H,29,31). The summed E-state index contributed by atoms with van der Waals surface area (Å²) in [6, 6.07) is 15.0. The summed E-state index contributed by atoms with van der Waals surface area (Å²) in [5.74, 6) is -0.639. The first-order valence-electron chi connectivity index (χ1n) is 11.8. The van der Waals surface area contributed by atoms with Gasteiger partial charge in [0, 0.05) is 44.1 Å². The van der Waals surface area contributed by atoms with Gasteiger partial charge in [-0.05, 0) is 37.4 Å². The van der Waals surface area contributed by atoms with Crippen LogP contribution in [0.3, 0.4) is 0 Å². The topological polar surface area (TPSA) is 120 Å². The quantitative estimate of drug-likeness (QED) is 0.404. The molecule has 1 aromatic heterocycles. The minimum absolute atomic E-state index is 0.395. The number of carbonyl (C=O) groups is 1. The molecule has 1 saturated heterocycles. The number of likely N-dealkylation sites (N-methyl/N-ethyl adjacent to an activating group) is 1. The summed E-state index contributed by atoms with van der Waals surface area (Å²) in [6.45, 7) is 3.91. The zero-order chi connectivity index (χ0) is 25.3. The Balaban J connectivity index is 1.52. The largest absolute Gasteiger partial charge is 0.496 e. The molecule has 10 nitrogen and oxygen atoms in total. The molecule has 3 aromatic rings. The second-order valence-electron chi connectivity index (χ2n) is 8.96. The van der Waals surface area contributed by atoms with E-state index >= 15 is 0 Å². The van der Waals surface area contributed by atoms with Crippen LogP contribution in [0.25, 0.3) is 0 Å². The van der Waals surface area contributed by atoms with Crippen molar-refractivity contribution in [2.75, 3.05) is 63.0 Å². The molecule has 0 saturated carbocycles. The van der Waals surface area contributed by atoms with E-state index in [4.69, 9.17) is 20.2 Å². The lowest BCUT2D eigenvalue weighted by molar-refractivity contribution is 0.0602. The number of anilines is 3. The summed E-state index contributed by atoms with van der Waals surface area (Å²) >= 11 is 0. The number of ether oxygens (including phenoxy) is 2. The van der Waals surface area contributed by atoms with Crippen molar-refractivity contribution >= 4 is 28.9 Å². The number of nitrogens with zero attached hydrogens (tertiary/aromatic N) is 3. The smallest absolute Gasteiger partial charge is 0.339 e. The minimum atomic E-state index is -1.32. The lowest BCUT2D eigenvalue weighted by atomic mass is 10.0. The van der Waals surface area contributed by atoms with Gasteiger partial charge in [-0.1, -0.05) is 12.1 Å². The molecule has 3 heterocycles. The Labute approximate surface area is 210 Å². The molecule has 188 valence electrons. The number of nitrogens with one attached hydrogen (secondary N) is 3. The monoisotopic (exact) mass is 489 g/mol. The van der Waals surface area contributed by atoms with Crippen molar-refractivity contribution < 1.29 is 14.3 Å².